The molecule has 0 radical (unpaired) electrons. The van der Waals surface area contributed by atoms with Crippen molar-refractivity contribution in [1.82, 2.24) is 18.7 Å². The third kappa shape index (κ3) is 2.96. The molecule has 0 aliphatic heterocycles. The van der Waals surface area contributed by atoms with Gasteiger partial charge in [-0.25, -0.2) is 9.78 Å². The van der Waals surface area contributed by atoms with Gasteiger partial charge < -0.3 is 9.88 Å². The third-order valence-corrected chi connectivity index (χ3v) is 4.23. The van der Waals surface area contributed by atoms with Gasteiger partial charge in [-0.3, -0.25) is 18.7 Å². The van der Waals surface area contributed by atoms with Gasteiger partial charge in [0.1, 0.15) is 6.54 Å². The van der Waals surface area contributed by atoms with Gasteiger partial charge in [-0.15, -0.1) is 0 Å². The summed E-state index contributed by atoms with van der Waals surface area (Å²) in [7, 11) is 2.91. The molecule has 0 saturated carbocycles. The monoisotopic (exact) mass is 361 g/mol. The van der Waals surface area contributed by atoms with Gasteiger partial charge in [0.2, 0.25) is 5.91 Å². The van der Waals surface area contributed by atoms with Crippen LogP contribution in [0.4, 0.5) is 5.69 Å². The summed E-state index contributed by atoms with van der Waals surface area (Å²) in [6, 6.07) is 5.14. The molecule has 25 heavy (non-hydrogen) atoms. The number of benzene rings is 1. The summed E-state index contributed by atoms with van der Waals surface area (Å²) >= 11 is 5.90. The van der Waals surface area contributed by atoms with Crippen molar-refractivity contribution in [3.63, 3.8) is 0 Å². The second kappa shape index (κ2) is 6.21. The summed E-state index contributed by atoms with van der Waals surface area (Å²) in [6.07, 6.45) is 1.37. The second-order valence-electron chi connectivity index (χ2n) is 5.76. The summed E-state index contributed by atoms with van der Waals surface area (Å²) < 4.78 is 3.69. The molecule has 1 amide bonds. The fourth-order valence-corrected chi connectivity index (χ4v) is 2.86. The minimum absolute atomic E-state index is 0.105. The van der Waals surface area contributed by atoms with E-state index in [1.807, 2.05) is 6.92 Å². The van der Waals surface area contributed by atoms with E-state index in [4.69, 9.17) is 11.6 Å². The average molecular weight is 362 g/mol. The van der Waals surface area contributed by atoms with Gasteiger partial charge in [-0.05, 0) is 30.7 Å². The summed E-state index contributed by atoms with van der Waals surface area (Å²) in [5.41, 5.74) is 0.944. The number of fused-ring (bicyclic) bond motifs is 1. The fourth-order valence-electron chi connectivity index (χ4n) is 2.63. The van der Waals surface area contributed by atoms with Crippen molar-refractivity contribution in [1.29, 1.82) is 0 Å². The number of rotatable bonds is 3. The van der Waals surface area contributed by atoms with Crippen molar-refractivity contribution in [3.8, 4) is 0 Å². The number of aryl methyl sites for hydroxylation is 2. The van der Waals surface area contributed by atoms with E-state index in [2.05, 4.69) is 10.3 Å². The van der Waals surface area contributed by atoms with Crippen molar-refractivity contribution in [3.05, 3.63) is 56.0 Å². The van der Waals surface area contributed by atoms with Gasteiger partial charge >= 0.3 is 5.69 Å². The number of carbonyl (C=O) groups excluding carboxylic acids is 1. The second-order valence-corrected chi connectivity index (χ2v) is 6.19. The van der Waals surface area contributed by atoms with Crippen LogP contribution in [0.3, 0.4) is 0 Å². The number of amides is 1. The van der Waals surface area contributed by atoms with Crippen LogP contribution in [0.2, 0.25) is 5.02 Å². The van der Waals surface area contributed by atoms with Crippen LogP contribution in [0.5, 0.6) is 0 Å². The minimum atomic E-state index is -0.494. The summed E-state index contributed by atoms with van der Waals surface area (Å²) in [5, 5.41) is 3.36. The van der Waals surface area contributed by atoms with Crippen molar-refractivity contribution in [2.45, 2.75) is 13.5 Å². The topological polar surface area (TPSA) is 90.9 Å². The Morgan fingerprint density at radius 2 is 1.96 bits per heavy atom. The first-order valence-electron chi connectivity index (χ1n) is 7.46. The molecule has 0 unspecified atom stereocenters. The SMILES string of the molecule is Cc1cc(Cl)ccc1NC(=O)Cn1cnc2c1c(=O)n(C)c(=O)n2C. The smallest absolute Gasteiger partial charge is 0.324 e. The predicted octanol–water partition coefficient (Wildman–Crippen LogP) is 1.03. The Morgan fingerprint density at radius 1 is 1.24 bits per heavy atom. The first kappa shape index (κ1) is 17.0. The molecular weight excluding hydrogens is 346 g/mol. The lowest BCUT2D eigenvalue weighted by molar-refractivity contribution is -0.116. The normalized spacial score (nSPS) is 11.0. The molecule has 2 aromatic heterocycles. The van der Waals surface area contributed by atoms with Crippen molar-refractivity contribution in [2.75, 3.05) is 5.32 Å². The van der Waals surface area contributed by atoms with Crippen LogP contribution < -0.4 is 16.6 Å². The molecule has 0 fully saturated rings. The highest BCUT2D eigenvalue weighted by atomic mass is 35.5. The van der Waals surface area contributed by atoms with Crippen LogP contribution in [0.25, 0.3) is 11.2 Å². The lowest BCUT2D eigenvalue weighted by Gasteiger charge is -2.10. The highest BCUT2D eigenvalue weighted by molar-refractivity contribution is 6.30. The Bertz CT molecular complexity index is 1110. The van der Waals surface area contributed by atoms with Crippen LogP contribution in [-0.2, 0) is 25.4 Å². The van der Waals surface area contributed by atoms with Crippen LogP contribution in [0.1, 0.15) is 5.56 Å². The number of anilines is 1. The lowest BCUT2D eigenvalue weighted by Crippen LogP contribution is -2.37. The summed E-state index contributed by atoms with van der Waals surface area (Å²) in [5.74, 6) is -0.319. The quantitative estimate of drug-likeness (QED) is 0.754. The molecule has 1 N–H and O–H groups in total. The molecule has 2 heterocycles. The maximum Gasteiger partial charge on any atom is 0.332 e. The Balaban J connectivity index is 1.94. The third-order valence-electron chi connectivity index (χ3n) is 3.99. The Labute approximate surface area is 147 Å². The number of imidazole rings is 1. The molecule has 9 heteroatoms. The maximum absolute atomic E-state index is 12.4. The molecule has 0 aliphatic carbocycles. The average Bonchev–Trinajstić information content (AvgIpc) is 2.97. The van der Waals surface area contributed by atoms with Gasteiger partial charge in [0, 0.05) is 24.8 Å². The van der Waals surface area contributed by atoms with E-state index in [1.165, 1.54) is 29.6 Å². The van der Waals surface area contributed by atoms with E-state index < -0.39 is 11.2 Å². The molecular formula is C16H16ClN5O3. The highest BCUT2D eigenvalue weighted by Crippen LogP contribution is 2.19. The van der Waals surface area contributed by atoms with Gasteiger partial charge in [0.05, 0.1) is 6.33 Å². The van der Waals surface area contributed by atoms with Crippen LogP contribution >= 0.6 is 11.6 Å². The zero-order chi connectivity index (χ0) is 18.3. The summed E-state index contributed by atoms with van der Waals surface area (Å²) in [4.78, 5) is 40.7. The highest BCUT2D eigenvalue weighted by Gasteiger charge is 2.16. The number of aromatic nitrogens is 4. The van der Waals surface area contributed by atoms with Crippen LogP contribution in [0.15, 0.2) is 34.1 Å². The van der Waals surface area contributed by atoms with E-state index in [9.17, 15) is 14.4 Å². The van der Waals surface area contributed by atoms with Crippen molar-refractivity contribution in [2.24, 2.45) is 14.1 Å². The molecule has 0 saturated heterocycles. The predicted molar refractivity (Wildman–Crippen MR) is 95.0 cm³/mol. The molecule has 130 valence electrons. The summed E-state index contributed by atoms with van der Waals surface area (Å²) in [6.45, 7) is 1.73. The number of hydrogen-bond donors (Lipinski definition) is 1. The lowest BCUT2D eigenvalue weighted by atomic mass is 10.2. The maximum atomic E-state index is 12.4. The number of nitrogens with one attached hydrogen (secondary N) is 1. The first-order chi connectivity index (χ1) is 11.8. The molecule has 3 aromatic rings. The van der Waals surface area contributed by atoms with Gasteiger partial charge in [-0.2, -0.15) is 0 Å². The molecule has 0 bridgehead atoms. The van der Waals surface area contributed by atoms with E-state index in [0.717, 1.165) is 10.1 Å². The molecule has 0 spiro atoms. The fraction of sp³-hybridized carbons (Fsp3) is 0.250. The number of hydrogen-bond acceptors (Lipinski definition) is 4. The van der Waals surface area contributed by atoms with E-state index in [-0.39, 0.29) is 23.6 Å². The standard InChI is InChI=1S/C16H16ClN5O3/c1-9-6-10(17)4-5-11(9)19-12(23)7-22-8-18-14-13(22)15(24)21(3)16(25)20(14)2/h4-6,8H,7H2,1-3H3,(H,19,23). The Hall–Kier alpha value is -2.87. The van der Waals surface area contributed by atoms with E-state index in [0.29, 0.717) is 10.7 Å². The number of halogens is 1. The minimum Gasteiger partial charge on any atom is -0.324 e. The molecule has 3 rings (SSSR count). The van der Waals surface area contributed by atoms with Crippen LogP contribution in [-0.4, -0.2) is 24.6 Å². The zero-order valence-corrected chi connectivity index (χ0v) is 14.7. The Kier molecular flexibility index (Phi) is 4.22. The number of carbonyl (C=O) groups is 1. The van der Waals surface area contributed by atoms with Gasteiger partial charge in [-0.1, -0.05) is 11.6 Å². The first-order valence-corrected chi connectivity index (χ1v) is 7.84. The molecule has 0 aliphatic rings. The Morgan fingerprint density at radius 3 is 2.64 bits per heavy atom. The molecule has 0 atom stereocenters. The van der Waals surface area contributed by atoms with E-state index in [1.54, 1.807) is 18.2 Å². The molecule has 8 nitrogen and oxygen atoms in total. The largest absolute Gasteiger partial charge is 0.332 e. The zero-order valence-electron chi connectivity index (χ0n) is 13.9. The van der Waals surface area contributed by atoms with Crippen molar-refractivity contribution >= 4 is 34.4 Å². The van der Waals surface area contributed by atoms with Gasteiger partial charge in [0.25, 0.3) is 5.56 Å². The van der Waals surface area contributed by atoms with Gasteiger partial charge in [0.15, 0.2) is 11.2 Å². The van der Waals surface area contributed by atoms with Crippen molar-refractivity contribution < 1.29 is 4.79 Å². The van der Waals surface area contributed by atoms with E-state index >= 15 is 0 Å². The molecule has 1 aromatic carbocycles. The number of nitrogens with zero attached hydrogens (tertiary/aromatic N) is 4. The van der Waals surface area contributed by atoms with Crippen LogP contribution in [0, 0.1) is 6.92 Å².